The van der Waals surface area contributed by atoms with Crippen molar-refractivity contribution in [3.05, 3.63) is 60.1 Å². The summed E-state index contributed by atoms with van der Waals surface area (Å²) in [7, 11) is 3.22. The second-order valence-electron chi connectivity index (χ2n) is 7.27. The van der Waals surface area contributed by atoms with Crippen molar-refractivity contribution >= 4 is 16.6 Å². The Balaban J connectivity index is 1.58. The van der Waals surface area contributed by atoms with E-state index >= 15 is 8.78 Å². The summed E-state index contributed by atoms with van der Waals surface area (Å²) in [6, 6.07) is 5.20. The Morgan fingerprint density at radius 1 is 1.09 bits per heavy atom. The Hall–Kier alpha value is -3.80. The number of ether oxygens (including phenoxy) is 1. The summed E-state index contributed by atoms with van der Waals surface area (Å²) in [6.07, 6.45) is 4.83. The number of aryl methyl sites for hydroxylation is 1. The highest BCUT2D eigenvalue weighted by molar-refractivity contribution is 5.79. The van der Waals surface area contributed by atoms with E-state index in [-0.39, 0.29) is 11.2 Å². The lowest BCUT2D eigenvalue weighted by atomic mass is 10.0. The second-order valence-corrected chi connectivity index (χ2v) is 7.27. The third-order valence-electron chi connectivity index (χ3n) is 5.04. The lowest BCUT2D eigenvalue weighted by Gasteiger charge is -2.15. The molecule has 0 bridgehead atoms. The smallest absolute Gasteiger partial charge is 0.336 e. The number of nitrogens with zero attached hydrogens (tertiary/aromatic N) is 8. The predicted molar refractivity (Wildman–Crippen MR) is 108 cm³/mol. The molecule has 0 unspecified atom stereocenters. The molecule has 0 aliphatic carbocycles. The van der Waals surface area contributed by atoms with E-state index in [1.807, 2.05) is 0 Å². The van der Waals surface area contributed by atoms with E-state index in [1.54, 1.807) is 37.3 Å². The van der Waals surface area contributed by atoms with Crippen LogP contribution in [0, 0.1) is 5.82 Å². The fraction of sp³-hybridized carbons (Fsp3) is 0.250. The number of rotatable bonds is 6. The first-order valence-corrected chi connectivity index (χ1v) is 9.62. The molecule has 5 rings (SSSR count). The average molecular weight is 442 g/mol. The lowest BCUT2D eigenvalue weighted by Crippen LogP contribution is -2.22. The number of hydrogen-bond acceptors (Lipinski definition) is 6. The minimum Gasteiger partial charge on any atom is -0.383 e. The maximum atomic E-state index is 15.5. The Kier molecular flexibility index (Phi) is 4.66. The van der Waals surface area contributed by atoms with Crippen LogP contribution in [0.5, 0.6) is 0 Å². The zero-order valence-electron chi connectivity index (χ0n) is 17.1. The van der Waals surface area contributed by atoms with Crippen LogP contribution in [0.3, 0.4) is 0 Å². The van der Waals surface area contributed by atoms with Crippen molar-refractivity contribution in [3.63, 3.8) is 0 Å². The van der Waals surface area contributed by atoms with Gasteiger partial charge in [-0.05, 0) is 18.2 Å². The van der Waals surface area contributed by atoms with Crippen molar-refractivity contribution in [3.8, 4) is 11.3 Å². The van der Waals surface area contributed by atoms with Gasteiger partial charge < -0.3 is 4.74 Å². The van der Waals surface area contributed by atoms with Gasteiger partial charge in [-0.1, -0.05) is 0 Å². The number of hydrogen-bond donors (Lipinski definition) is 0. The van der Waals surface area contributed by atoms with Gasteiger partial charge in [0.05, 0.1) is 36.1 Å². The van der Waals surface area contributed by atoms with Crippen molar-refractivity contribution in [1.82, 2.24) is 39.4 Å². The topological polar surface area (TPSA) is 88.0 Å². The Morgan fingerprint density at radius 2 is 1.94 bits per heavy atom. The Bertz CT molecular complexity index is 1440. The minimum atomic E-state index is -3.79. The average Bonchev–Trinajstić information content (AvgIpc) is 3.48. The van der Waals surface area contributed by atoms with Crippen molar-refractivity contribution in [2.45, 2.75) is 12.5 Å². The number of halogens is 3. The van der Waals surface area contributed by atoms with E-state index in [0.29, 0.717) is 29.8 Å². The van der Waals surface area contributed by atoms with E-state index in [9.17, 15) is 4.39 Å². The molecule has 0 N–H and O–H groups in total. The van der Waals surface area contributed by atoms with Gasteiger partial charge in [0.2, 0.25) is 5.82 Å². The van der Waals surface area contributed by atoms with E-state index in [2.05, 4.69) is 25.5 Å². The maximum Gasteiger partial charge on any atom is 0.336 e. The number of methoxy groups -OCH3 is 1. The second kappa shape index (κ2) is 7.41. The van der Waals surface area contributed by atoms with Gasteiger partial charge in [-0.2, -0.15) is 28.6 Å². The fourth-order valence-electron chi connectivity index (χ4n) is 3.47. The third kappa shape index (κ3) is 3.28. The molecule has 0 amide bonds. The van der Waals surface area contributed by atoms with Gasteiger partial charge in [-0.25, -0.2) is 4.39 Å². The van der Waals surface area contributed by atoms with Crippen LogP contribution in [-0.4, -0.2) is 53.1 Å². The number of benzene rings is 1. The standard InChI is InChI=1S/C20H17F3N8O/c1-29-10-12-7-14(15(21)8-17(12)27-29)20(22,23)19-26-25-18-4-3-16(28-31(18)19)13-9-24-30(11-13)5-6-32-2/h3-4,7-11H,5-6H2,1-2H3. The molecule has 4 aromatic heterocycles. The molecule has 1 aromatic carbocycles. The molecular formula is C20H17F3N8O. The summed E-state index contributed by atoms with van der Waals surface area (Å²) < 4.78 is 54.6. The summed E-state index contributed by atoms with van der Waals surface area (Å²) in [5.41, 5.74) is 0.571. The van der Waals surface area contributed by atoms with Gasteiger partial charge in [0, 0.05) is 43.6 Å². The van der Waals surface area contributed by atoms with Gasteiger partial charge >= 0.3 is 5.92 Å². The van der Waals surface area contributed by atoms with E-state index in [4.69, 9.17) is 4.74 Å². The fourth-order valence-corrected chi connectivity index (χ4v) is 3.47. The van der Waals surface area contributed by atoms with Crippen LogP contribution in [-0.2, 0) is 24.3 Å². The molecule has 0 aliphatic rings. The first-order valence-electron chi connectivity index (χ1n) is 9.62. The zero-order chi connectivity index (χ0) is 22.5. The molecule has 9 nitrogen and oxygen atoms in total. The normalized spacial score (nSPS) is 12.3. The molecule has 0 fully saturated rings. The van der Waals surface area contributed by atoms with Crippen LogP contribution in [0.15, 0.2) is 42.9 Å². The monoisotopic (exact) mass is 442 g/mol. The Labute approximate surface area is 179 Å². The van der Waals surface area contributed by atoms with Crippen LogP contribution in [0.1, 0.15) is 11.4 Å². The molecule has 32 heavy (non-hydrogen) atoms. The third-order valence-corrected chi connectivity index (χ3v) is 5.04. The van der Waals surface area contributed by atoms with Crippen LogP contribution in [0.4, 0.5) is 13.2 Å². The molecule has 12 heteroatoms. The maximum absolute atomic E-state index is 15.5. The number of aromatic nitrogens is 8. The van der Waals surface area contributed by atoms with Crippen molar-refractivity contribution in [2.24, 2.45) is 7.05 Å². The minimum absolute atomic E-state index is 0.109. The van der Waals surface area contributed by atoms with Crippen molar-refractivity contribution in [1.29, 1.82) is 0 Å². The van der Waals surface area contributed by atoms with Gasteiger partial charge in [0.25, 0.3) is 0 Å². The van der Waals surface area contributed by atoms with Gasteiger partial charge in [0.15, 0.2) is 5.65 Å². The molecule has 0 aliphatic heterocycles. The molecule has 0 spiro atoms. The molecule has 0 saturated heterocycles. The summed E-state index contributed by atoms with van der Waals surface area (Å²) in [5, 5.41) is 20.3. The molecule has 5 aromatic rings. The highest BCUT2D eigenvalue weighted by Gasteiger charge is 2.42. The van der Waals surface area contributed by atoms with Gasteiger partial charge in [0.1, 0.15) is 5.82 Å². The van der Waals surface area contributed by atoms with Crippen LogP contribution >= 0.6 is 0 Å². The zero-order valence-corrected chi connectivity index (χ0v) is 17.1. The largest absolute Gasteiger partial charge is 0.383 e. The molecule has 0 atom stereocenters. The van der Waals surface area contributed by atoms with E-state index < -0.39 is 23.1 Å². The highest BCUT2D eigenvalue weighted by Crippen LogP contribution is 2.37. The van der Waals surface area contributed by atoms with Gasteiger partial charge in [-0.3, -0.25) is 9.36 Å². The summed E-state index contributed by atoms with van der Waals surface area (Å²) >= 11 is 0. The lowest BCUT2D eigenvalue weighted by molar-refractivity contribution is 0.0270. The Morgan fingerprint density at radius 3 is 2.75 bits per heavy atom. The summed E-state index contributed by atoms with van der Waals surface area (Å²) in [5.74, 6) is -5.67. The van der Waals surface area contributed by atoms with E-state index in [1.165, 1.54) is 16.9 Å². The van der Waals surface area contributed by atoms with Crippen molar-refractivity contribution < 1.29 is 17.9 Å². The molecular weight excluding hydrogens is 425 g/mol. The van der Waals surface area contributed by atoms with Crippen molar-refractivity contribution in [2.75, 3.05) is 13.7 Å². The first kappa shape index (κ1) is 20.1. The SMILES string of the molecule is COCCn1cc(-c2ccc3nnc(C(F)(F)c4cc5cn(C)nc5cc4F)n3n2)cn1. The van der Waals surface area contributed by atoms with Crippen LogP contribution in [0.2, 0.25) is 0 Å². The molecule has 0 radical (unpaired) electrons. The highest BCUT2D eigenvalue weighted by atomic mass is 19.3. The number of alkyl halides is 2. The van der Waals surface area contributed by atoms with E-state index in [0.717, 1.165) is 16.6 Å². The number of fused-ring (bicyclic) bond motifs is 2. The predicted octanol–water partition coefficient (Wildman–Crippen LogP) is 2.80. The molecule has 164 valence electrons. The van der Waals surface area contributed by atoms with Crippen LogP contribution in [0.25, 0.3) is 27.8 Å². The summed E-state index contributed by atoms with van der Waals surface area (Å²) in [6.45, 7) is 1.01. The quantitative estimate of drug-likeness (QED) is 0.402. The molecule has 0 saturated carbocycles. The van der Waals surface area contributed by atoms with Gasteiger partial charge in [-0.15, -0.1) is 10.2 Å². The molecule has 4 heterocycles. The first-order chi connectivity index (χ1) is 15.4. The summed E-state index contributed by atoms with van der Waals surface area (Å²) in [4.78, 5) is 0. The van der Waals surface area contributed by atoms with Crippen LogP contribution < -0.4 is 0 Å².